The highest BCUT2D eigenvalue weighted by Crippen LogP contribution is 2.41. The Morgan fingerprint density at radius 1 is 1.00 bits per heavy atom. The van der Waals surface area contributed by atoms with E-state index in [-0.39, 0.29) is 28.7 Å². The zero-order valence-corrected chi connectivity index (χ0v) is 11.3. The topological polar surface area (TPSA) is 87.6 Å². The van der Waals surface area contributed by atoms with Gasteiger partial charge in [-0.3, -0.25) is 4.79 Å². The van der Waals surface area contributed by atoms with Gasteiger partial charge < -0.3 is 20.9 Å². The lowest BCUT2D eigenvalue weighted by molar-refractivity contribution is 0.103. The summed E-state index contributed by atoms with van der Waals surface area (Å²) in [6.45, 7) is 0. The SMILES string of the molecule is COc1c(C(=O)c2ccccc2)cc(N)c(N)c1OC. The molecular weight excluding hydrogens is 256 g/mol. The van der Waals surface area contributed by atoms with Crippen molar-refractivity contribution < 1.29 is 14.3 Å². The Morgan fingerprint density at radius 2 is 1.60 bits per heavy atom. The Hall–Kier alpha value is -2.69. The number of benzene rings is 2. The average Bonchev–Trinajstić information content (AvgIpc) is 2.49. The molecule has 0 spiro atoms. The van der Waals surface area contributed by atoms with Crippen LogP contribution in [0.4, 0.5) is 11.4 Å². The maximum atomic E-state index is 12.5. The van der Waals surface area contributed by atoms with Gasteiger partial charge in [-0.15, -0.1) is 0 Å². The number of ketones is 1. The average molecular weight is 272 g/mol. The molecule has 5 heteroatoms. The van der Waals surface area contributed by atoms with E-state index in [4.69, 9.17) is 20.9 Å². The van der Waals surface area contributed by atoms with Crippen LogP contribution in [0.2, 0.25) is 0 Å². The number of carbonyl (C=O) groups excluding carboxylic acids is 1. The lowest BCUT2D eigenvalue weighted by Gasteiger charge is -2.16. The van der Waals surface area contributed by atoms with Gasteiger partial charge >= 0.3 is 0 Å². The number of ether oxygens (including phenoxy) is 2. The molecule has 0 aliphatic heterocycles. The first-order valence-electron chi connectivity index (χ1n) is 5.99. The molecule has 104 valence electrons. The van der Waals surface area contributed by atoms with Crippen molar-refractivity contribution in [2.45, 2.75) is 0 Å². The molecule has 2 aromatic carbocycles. The van der Waals surface area contributed by atoms with Crippen molar-refractivity contribution in [2.24, 2.45) is 0 Å². The van der Waals surface area contributed by atoms with E-state index < -0.39 is 0 Å². The van der Waals surface area contributed by atoms with Crippen LogP contribution >= 0.6 is 0 Å². The number of nitrogen functional groups attached to an aromatic ring is 2. The molecule has 2 aromatic rings. The van der Waals surface area contributed by atoms with Gasteiger partial charge in [0.2, 0.25) is 0 Å². The molecule has 0 saturated heterocycles. The summed E-state index contributed by atoms with van der Waals surface area (Å²) in [7, 11) is 2.90. The molecule has 0 saturated carbocycles. The van der Waals surface area contributed by atoms with E-state index in [1.165, 1.54) is 20.3 Å². The maximum absolute atomic E-state index is 12.5. The fourth-order valence-electron chi connectivity index (χ4n) is 1.99. The minimum atomic E-state index is -0.201. The number of anilines is 2. The predicted octanol–water partition coefficient (Wildman–Crippen LogP) is 2.10. The molecule has 0 aliphatic carbocycles. The number of carbonyl (C=O) groups is 1. The van der Waals surface area contributed by atoms with Crippen molar-refractivity contribution in [3.8, 4) is 11.5 Å². The molecular formula is C15H16N2O3. The maximum Gasteiger partial charge on any atom is 0.196 e. The second-order valence-electron chi connectivity index (χ2n) is 4.19. The van der Waals surface area contributed by atoms with Crippen molar-refractivity contribution in [3.05, 3.63) is 47.5 Å². The molecule has 0 amide bonds. The van der Waals surface area contributed by atoms with Crippen LogP contribution in [0.25, 0.3) is 0 Å². The number of rotatable bonds is 4. The van der Waals surface area contributed by atoms with E-state index in [1.54, 1.807) is 24.3 Å². The number of nitrogens with two attached hydrogens (primary N) is 2. The molecule has 0 radical (unpaired) electrons. The fourth-order valence-corrected chi connectivity index (χ4v) is 1.99. The highest BCUT2D eigenvalue weighted by atomic mass is 16.5. The van der Waals surface area contributed by atoms with E-state index in [0.717, 1.165) is 0 Å². The Kier molecular flexibility index (Phi) is 3.79. The zero-order chi connectivity index (χ0) is 14.7. The zero-order valence-electron chi connectivity index (χ0n) is 11.3. The van der Waals surface area contributed by atoms with Crippen molar-refractivity contribution in [1.29, 1.82) is 0 Å². The fraction of sp³-hybridized carbons (Fsp3) is 0.133. The van der Waals surface area contributed by atoms with Crippen molar-refractivity contribution in [1.82, 2.24) is 0 Å². The largest absolute Gasteiger partial charge is 0.492 e. The van der Waals surface area contributed by atoms with Crippen LogP contribution < -0.4 is 20.9 Å². The number of hydrogen-bond donors (Lipinski definition) is 2. The summed E-state index contributed by atoms with van der Waals surface area (Å²) >= 11 is 0. The minimum absolute atomic E-state index is 0.201. The lowest BCUT2D eigenvalue weighted by Crippen LogP contribution is -2.09. The van der Waals surface area contributed by atoms with Gasteiger partial charge in [-0.2, -0.15) is 0 Å². The Balaban J connectivity index is 2.62. The minimum Gasteiger partial charge on any atom is -0.492 e. The number of hydrogen-bond acceptors (Lipinski definition) is 5. The van der Waals surface area contributed by atoms with E-state index in [0.29, 0.717) is 11.1 Å². The van der Waals surface area contributed by atoms with E-state index in [9.17, 15) is 4.79 Å². The van der Waals surface area contributed by atoms with Gasteiger partial charge in [0.1, 0.15) is 5.69 Å². The molecule has 0 unspecified atom stereocenters. The summed E-state index contributed by atoms with van der Waals surface area (Å²) in [6, 6.07) is 10.4. The lowest BCUT2D eigenvalue weighted by atomic mass is 10.0. The first-order valence-corrected chi connectivity index (χ1v) is 5.99. The summed E-state index contributed by atoms with van der Waals surface area (Å²) < 4.78 is 10.5. The molecule has 0 bridgehead atoms. The van der Waals surface area contributed by atoms with Crippen LogP contribution in [0.15, 0.2) is 36.4 Å². The Morgan fingerprint density at radius 3 is 2.15 bits per heavy atom. The standard InChI is InChI=1S/C15H16N2O3/c1-19-14-10(8-11(16)12(17)15(14)20-2)13(18)9-6-4-3-5-7-9/h3-8H,16-17H2,1-2H3. The highest BCUT2D eigenvalue weighted by Gasteiger charge is 2.22. The molecule has 0 heterocycles. The molecule has 5 nitrogen and oxygen atoms in total. The highest BCUT2D eigenvalue weighted by molar-refractivity contribution is 6.12. The molecule has 0 aromatic heterocycles. The van der Waals surface area contributed by atoms with Crippen LogP contribution in [0.1, 0.15) is 15.9 Å². The smallest absolute Gasteiger partial charge is 0.196 e. The first kappa shape index (κ1) is 13.7. The van der Waals surface area contributed by atoms with E-state index >= 15 is 0 Å². The second kappa shape index (κ2) is 5.52. The predicted molar refractivity (Wildman–Crippen MR) is 78.2 cm³/mol. The Labute approximate surface area is 117 Å². The monoisotopic (exact) mass is 272 g/mol. The van der Waals surface area contributed by atoms with Gasteiger partial charge in [0.25, 0.3) is 0 Å². The molecule has 0 aliphatic rings. The molecule has 20 heavy (non-hydrogen) atoms. The summed E-state index contributed by atoms with van der Waals surface area (Å²) in [6.07, 6.45) is 0. The molecule has 2 rings (SSSR count). The Bertz CT molecular complexity index is 639. The van der Waals surface area contributed by atoms with Gasteiger partial charge in [-0.05, 0) is 6.07 Å². The third-order valence-electron chi connectivity index (χ3n) is 3.00. The van der Waals surface area contributed by atoms with E-state index in [2.05, 4.69) is 0 Å². The summed E-state index contributed by atoms with van der Waals surface area (Å²) in [4.78, 5) is 12.5. The third kappa shape index (κ3) is 2.25. The van der Waals surface area contributed by atoms with Crippen molar-refractivity contribution in [3.63, 3.8) is 0 Å². The molecule has 0 fully saturated rings. The van der Waals surface area contributed by atoms with Gasteiger partial charge in [0, 0.05) is 5.56 Å². The van der Waals surface area contributed by atoms with Crippen molar-refractivity contribution >= 4 is 17.2 Å². The number of methoxy groups -OCH3 is 2. The van der Waals surface area contributed by atoms with Gasteiger partial charge in [0.15, 0.2) is 17.3 Å². The van der Waals surface area contributed by atoms with Crippen molar-refractivity contribution in [2.75, 3.05) is 25.7 Å². The van der Waals surface area contributed by atoms with E-state index in [1.807, 2.05) is 6.07 Å². The summed E-state index contributed by atoms with van der Waals surface area (Å²) in [5, 5.41) is 0. The van der Waals surface area contributed by atoms with Crippen LogP contribution in [-0.2, 0) is 0 Å². The van der Waals surface area contributed by atoms with Crippen LogP contribution in [0.3, 0.4) is 0 Å². The van der Waals surface area contributed by atoms with Crippen LogP contribution in [0.5, 0.6) is 11.5 Å². The van der Waals surface area contributed by atoms with Gasteiger partial charge in [-0.1, -0.05) is 30.3 Å². The first-order chi connectivity index (χ1) is 9.60. The normalized spacial score (nSPS) is 10.1. The second-order valence-corrected chi connectivity index (χ2v) is 4.19. The molecule has 0 atom stereocenters. The molecule has 4 N–H and O–H groups in total. The third-order valence-corrected chi connectivity index (χ3v) is 3.00. The summed E-state index contributed by atoms with van der Waals surface area (Å²) in [5.41, 5.74) is 13.1. The van der Waals surface area contributed by atoms with Crippen LogP contribution in [-0.4, -0.2) is 20.0 Å². The quantitative estimate of drug-likeness (QED) is 0.657. The summed E-state index contributed by atoms with van der Waals surface area (Å²) in [5.74, 6) is 0.354. The van der Waals surface area contributed by atoms with Crippen LogP contribution in [0, 0.1) is 0 Å². The van der Waals surface area contributed by atoms with Gasteiger partial charge in [0.05, 0.1) is 25.5 Å². The van der Waals surface area contributed by atoms with Gasteiger partial charge in [-0.25, -0.2) is 0 Å².